The Hall–Kier alpha value is -2.52. The minimum atomic E-state index is -1.11. The third-order valence-electron chi connectivity index (χ3n) is 1.14. The van der Waals surface area contributed by atoms with Crippen LogP contribution >= 0.6 is 0 Å². The van der Waals surface area contributed by atoms with Crippen LogP contribution in [-0.2, 0) is 9.59 Å². The van der Waals surface area contributed by atoms with Crippen molar-refractivity contribution in [2.75, 3.05) is 6.54 Å². The number of carboxylic acids is 2. The van der Waals surface area contributed by atoms with Gasteiger partial charge in [-0.15, -0.1) is 0 Å². The van der Waals surface area contributed by atoms with Crippen LogP contribution in [0.5, 0.6) is 0 Å². The molecule has 98 valence electrons. The molecule has 0 aromatic heterocycles. The molecule has 0 aromatic rings. The van der Waals surface area contributed by atoms with Crippen molar-refractivity contribution in [3.8, 4) is 0 Å². The summed E-state index contributed by atoms with van der Waals surface area (Å²) in [7, 11) is 0. The van der Waals surface area contributed by atoms with Crippen molar-refractivity contribution < 1.29 is 29.4 Å². The van der Waals surface area contributed by atoms with Crippen molar-refractivity contribution in [2.24, 2.45) is 11.5 Å². The van der Waals surface area contributed by atoms with Gasteiger partial charge in [0.05, 0.1) is 0 Å². The number of carbonyl (C=O) groups is 4. The van der Waals surface area contributed by atoms with E-state index in [1.807, 2.05) is 10.6 Å². The monoisotopic (exact) mass is 250 g/mol. The number of carboxylic acid groups (broad SMARTS) is 2. The van der Waals surface area contributed by atoms with Crippen LogP contribution in [0.2, 0.25) is 0 Å². The number of nitrogens with two attached hydrogens (primary N) is 2. The topological polar surface area (TPSA) is 185 Å². The summed E-state index contributed by atoms with van der Waals surface area (Å²) >= 11 is 0. The van der Waals surface area contributed by atoms with Crippen molar-refractivity contribution in [1.29, 1.82) is 0 Å². The number of amides is 4. The molecule has 0 saturated carbocycles. The van der Waals surface area contributed by atoms with E-state index in [-0.39, 0.29) is 0 Å². The molecule has 0 heterocycles. The molecule has 10 nitrogen and oxygen atoms in total. The molecule has 17 heavy (non-hydrogen) atoms. The number of carbonyl (C=O) groups excluding carboxylic acids is 2. The lowest BCUT2D eigenvalue weighted by molar-refractivity contribution is -0.138. The van der Waals surface area contributed by atoms with Crippen LogP contribution in [0.25, 0.3) is 0 Å². The molecule has 4 amide bonds. The summed E-state index contributed by atoms with van der Waals surface area (Å²) in [5, 5.41) is 19.9. The lowest BCUT2D eigenvalue weighted by atomic mass is 10.3. The Balaban J connectivity index is 0. The maximum Gasteiger partial charge on any atom is 0.325 e. The average molecular weight is 250 g/mol. The maximum atomic E-state index is 9.96. The Morgan fingerprint density at radius 1 is 1.12 bits per heavy atom. The molecule has 1 atom stereocenters. The zero-order chi connectivity index (χ0) is 14.0. The number of hydrogen-bond donors (Lipinski definition) is 6. The minimum Gasteiger partial charge on any atom is -0.480 e. The quantitative estimate of drug-likeness (QED) is 0.330. The normalized spacial score (nSPS) is 10.2. The highest BCUT2D eigenvalue weighted by Crippen LogP contribution is 1.77. The second-order valence-corrected chi connectivity index (χ2v) is 2.68. The van der Waals surface area contributed by atoms with E-state index in [9.17, 15) is 19.2 Å². The van der Waals surface area contributed by atoms with Crippen molar-refractivity contribution in [3.05, 3.63) is 0 Å². The maximum absolute atomic E-state index is 9.96. The van der Waals surface area contributed by atoms with Gasteiger partial charge in [0.1, 0.15) is 12.6 Å². The lowest BCUT2D eigenvalue weighted by Crippen LogP contribution is -2.41. The third kappa shape index (κ3) is 16.2. The molecule has 0 spiro atoms. The molecule has 8 N–H and O–H groups in total. The van der Waals surface area contributed by atoms with Gasteiger partial charge in [0, 0.05) is 0 Å². The van der Waals surface area contributed by atoms with Gasteiger partial charge in [0.25, 0.3) is 0 Å². The summed E-state index contributed by atoms with van der Waals surface area (Å²) in [5.74, 6) is -2.21. The minimum absolute atomic E-state index is 0.421. The molecule has 1 unspecified atom stereocenters. The summed E-state index contributed by atoms with van der Waals surface area (Å²) in [5.41, 5.74) is 9.15. The molecule has 0 aliphatic carbocycles. The van der Waals surface area contributed by atoms with Crippen LogP contribution < -0.4 is 22.1 Å². The molecule has 0 aliphatic heterocycles. The van der Waals surface area contributed by atoms with E-state index >= 15 is 0 Å². The zero-order valence-electron chi connectivity index (χ0n) is 8.97. The first-order valence-electron chi connectivity index (χ1n) is 4.20. The fraction of sp³-hybridized carbons (Fsp3) is 0.429. The van der Waals surface area contributed by atoms with Gasteiger partial charge in [-0.05, 0) is 6.92 Å². The number of urea groups is 2. The van der Waals surface area contributed by atoms with Gasteiger partial charge in [0.2, 0.25) is 0 Å². The van der Waals surface area contributed by atoms with Crippen molar-refractivity contribution in [1.82, 2.24) is 10.6 Å². The van der Waals surface area contributed by atoms with Gasteiger partial charge in [0.15, 0.2) is 0 Å². The smallest absolute Gasteiger partial charge is 0.325 e. The van der Waals surface area contributed by atoms with E-state index < -0.39 is 36.6 Å². The summed E-state index contributed by atoms with van der Waals surface area (Å²) in [6.07, 6.45) is 0. The van der Waals surface area contributed by atoms with Gasteiger partial charge < -0.3 is 32.3 Å². The molecule has 0 rings (SSSR count). The summed E-state index contributed by atoms with van der Waals surface area (Å²) in [4.78, 5) is 39.3. The Morgan fingerprint density at radius 3 is 1.71 bits per heavy atom. The van der Waals surface area contributed by atoms with Gasteiger partial charge in [-0.2, -0.15) is 0 Å². The highest BCUT2D eigenvalue weighted by molar-refractivity contribution is 5.81. The largest absolute Gasteiger partial charge is 0.480 e. The van der Waals surface area contributed by atoms with Gasteiger partial charge >= 0.3 is 24.0 Å². The molecule has 0 aliphatic rings. The van der Waals surface area contributed by atoms with Crippen LogP contribution in [0.4, 0.5) is 9.59 Å². The summed E-state index contributed by atoms with van der Waals surface area (Å²) in [6.45, 7) is 0.905. The van der Waals surface area contributed by atoms with Crippen molar-refractivity contribution in [3.63, 3.8) is 0 Å². The standard InChI is InChI=1S/C4H8N2O3.C3H6N2O3/c1-2(3(7)8)6-4(5)9;4-3(8)5-1-2(6)7/h2H,1H3,(H,7,8)(H3,5,6,9);1H2,(H,6,7)(H3,4,5,8). The molecule has 0 saturated heterocycles. The highest BCUT2D eigenvalue weighted by atomic mass is 16.4. The number of nitrogens with one attached hydrogen (secondary N) is 2. The Kier molecular flexibility index (Phi) is 8.71. The van der Waals surface area contributed by atoms with Crippen LogP contribution in [0, 0.1) is 0 Å². The predicted molar refractivity (Wildman–Crippen MR) is 55.0 cm³/mol. The highest BCUT2D eigenvalue weighted by Gasteiger charge is 2.10. The van der Waals surface area contributed by atoms with Crippen LogP contribution in [0.1, 0.15) is 6.92 Å². The number of primary amides is 2. The molecule has 0 aromatic carbocycles. The van der Waals surface area contributed by atoms with Crippen LogP contribution in [-0.4, -0.2) is 46.8 Å². The van der Waals surface area contributed by atoms with Crippen molar-refractivity contribution >= 4 is 24.0 Å². The summed E-state index contributed by atoms with van der Waals surface area (Å²) < 4.78 is 0. The van der Waals surface area contributed by atoms with E-state index in [4.69, 9.17) is 10.2 Å². The van der Waals surface area contributed by atoms with E-state index in [0.29, 0.717) is 0 Å². The molecular formula is C7H14N4O6. The van der Waals surface area contributed by atoms with E-state index in [2.05, 4.69) is 11.5 Å². The van der Waals surface area contributed by atoms with E-state index in [0.717, 1.165) is 0 Å². The van der Waals surface area contributed by atoms with Gasteiger partial charge in [-0.3, -0.25) is 9.59 Å². The molecule has 0 fully saturated rings. The fourth-order valence-corrected chi connectivity index (χ4v) is 0.438. The third-order valence-corrected chi connectivity index (χ3v) is 1.14. The summed E-state index contributed by atoms with van der Waals surface area (Å²) in [6, 6.07) is -2.57. The average Bonchev–Trinajstić information content (AvgIpc) is 2.14. The second-order valence-electron chi connectivity index (χ2n) is 2.68. The first-order valence-corrected chi connectivity index (χ1v) is 4.20. The molecule has 0 bridgehead atoms. The first kappa shape index (κ1) is 16.9. The lowest BCUT2D eigenvalue weighted by Gasteiger charge is -2.04. The number of rotatable bonds is 4. The molecule has 0 radical (unpaired) electrons. The second kappa shape index (κ2) is 8.76. The van der Waals surface area contributed by atoms with Gasteiger partial charge in [-0.25, -0.2) is 9.59 Å². The predicted octanol–water partition coefficient (Wildman–Crippen LogP) is -2.13. The Bertz CT molecular complexity index is 291. The van der Waals surface area contributed by atoms with E-state index in [1.165, 1.54) is 6.92 Å². The molecular weight excluding hydrogens is 236 g/mol. The van der Waals surface area contributed by atoms with Crippen LogP contribution in [0.15, 0.2) is 0 Å². The van der Waals surface area contributed by atoms with Crippen molar-refractivity contribution in [2.45, 2.75) is 13.0 Å². The number of hydrogen-bond acceptors (Lipinski definition) is 4. The number of aliphatic carboxylic acids is 2. The Labute approximate surface area is 95.9 Å². The fourth-order valence-electron chi connectivity index (χ4n) is 0.438. The molecule has 10 heteroatoms. The van der Waals surface area contributed by atoms with Crippen LogP contribution in [0.3, 0.4) is 0 Å². The Morgan fingerprint density at radius 2 is 1.59 bits per heavy atom. The zero-order valence-corrected chi connectivity index (χ0v) is 8.97. The van der Waals surface area contributed by atoms with E-state index in [1.54, 1.807) is 0 Å². The van der Waals surface area contributed by atoms with Gasteiger partial charge in [-0.1, -0.05) is 0 Å². The SMILES string of the molecule is CC(NC(N)=O)C(=O)O.NC(=O)NCC(=O)O. The first-order chi connectivity index (χ1) is 7.66.